The lowest BCUT2D eigenvalue weighted by Crippen LogP contribution is -2.19. The quantitative estimate of drug-likeness (QED) is 0.150. The molecule has 4 rings (SSSR count). The van der Waals surface area contributed by atoms with Gasteiger partial charge in [-0.15, -0.1) is 0 Å². The van der Waals surface area contributed by atoms with Crippen molar-refractivity contribution in [2.24, 2.45) is 0 Å². The third-order valence-electron chi connectivity index (χ3n) is 7.08. The normalized spacial score (nSPS) is 12.2. The van der Waals surface area contributed by atoms with Crippen molar-refractivity contribution >= 4 is 11.3 Å². The Morgan fingerprint density at radius 1 is 0.773 bits per heavy atom. The second-order valence-electron chi connectivity index (χ2n) is 10.1. The van der Waals surface area contributed by atoms with Gasteiger partial charge in [0.25, 0.3) is 5.69 Å². The van der Waals surface area contributed by atoms with Crippen molar-refractivity contribution in [3.63, 3.8) is 0 Å². The molecule has 1 saturated carbocycles. The third-order valence-corrected chi connectivity index (χ3v) is 7.08. The van der Waals surface area contributed by atoms with Gasteiger partial charge in [0, 0.05) is 6.54 Å². The van der Waals surface area contributed by atoms with Crippen LogP contribution in [-0.4, -0.2) is 51.3 Å². The monoisotopic (exact) mass is 606 g/mol. The highest BCUT2D eigenvalue weighted by Crippen LogP contribution is 2.37. The fourth-order valence-corrected chi connectivity index (χ4v) is 4.94. The second-order valence-corrected chi connectivity index (χ2v) is 10.1. The van der Waals surface area contributed by atoms with Crippen LogP contribution in [0.4, 0.5) is 5.69 Å². The van der Waals surface area contributed by atoms with Crippen LogP contribution in [0.15, 0.2) is 66.2 Å². The zero-order valence-corrected chi connectivity index (χ0v) is 27.8. The van der Waals surface area contributed by atoms with E-state index in [0.717, 1.165) is 30.7 Å². The minimum atomic E-state index is -0.440. The van der Waals surface area contributed by atoms with Crippen molar-refractivity contribution < 1.29 is 23.9 Å². The van der Waals surface area contributed by atoms with E-state index in [1.54, 1.807) is 6.07 Å². The Hall–Kier alpha value is -4.04. The highest BCUT2D eigenvalue weighted by atomic mass is 16.6. The predicted molar refractivity (Wildman–Crippen MR) is 179 cm³/mol. The SMILES string of the molecule is CC.CC.COc1cc(COc2ccc(C(=C3CCCCC3)c3ccc(OCCN(C)C)cc3)cc2)c([N+](=O)[O-])cc1OC. The number of nitro benzene ring substituents is 1. The molecule has 1 aliphatic carbocycles. The van der Waals surface area contributed by atoms with Crippen LogP contribution in [-0.2, 0) is 6.61 Å². The first kappa shape index (κ1) is 36.2. The molecule has 0 unspecified atom stereocenters. The first-order valence-electron chi connectivity index (χ1n) is 15.6. The van der Waals surface area contributed by atoms with Gasteiger partial charge in [-0.3, -0.25) is 10.1 Å². The first-order valence-corrected chi connectivity index (χ1v) is 15.6. The molecule has 1 fully saturated rings. The summed E-state index contributed by atoms with van der Waals surface area (Å²) in [4.78, 5) is 13.3. The molecule has 0 aliphatic heterocycles. The topological polar surface area (TPSA) is 83.3 Å². The number of hydrogen-bond acceptors (Lipinski definition) is 7. The van der Waals surface area contributed by atoms with E-state index in [4.69, 9.17) is 18.9 Å². The number of rotatable bonds is 12. The number of hydrogen-bond donors (Lipinski definition) is 0. The average Bonchev–Trinajstić information content (AvgIpc) is 3.07. The lowest BCUT2D eigenvalue weighted by atomic mass is 9.85. The summed E-state index contributed by atoms with van der Waals surface area (Å²) in [7, 11) is 7.01. The zero-order chi connectivity index (χ0) is 32.5. The van der Waals surface area contributed by atoms with Gasteiger partial charge in [-0.05, 0) is 86.8 Å². The molecule has 8 nitrogen and oxygen atoms in total. The molecular weight excluding hydrogens is 556 g/mol. The number of benzene rings is 3. The largest absolute Gasteiger partial charge is 0.493 e. The Balaban J connectivity index is 0.00000162. The molecule has 0 heterocycles. The molecule has 3 aromatic rings. The second kappa shape index (κ2) is 19.3. The van der Waals surface area contributed by atoms with Crippen molar-refractivity contribution in [3.05, 3.63) is 93.0 Å². The van der Waals surface area contributed by atoms with E-state index in [1.807, 2.05) is 66.1 Å². The summed E-state index contributed by atoms with van der Waals surface area (Å²) < 4.78 is 22.4. The molecular formula is C36H50N2O6. The molecule has 0 radical (unpaired) electrons. The minimum absolute atomic E-state index is 0.0270. The highest BCUT2D eigenvalue weighted by molar-refractivity contribution is 5.82. The summed E-state index contributed by atoms with van der Waals surface area (Å²) >= 11 is 0. The lowest BCUT2D eigenvalue weighted by Gasteiger charge is -2.21. The molecule has 0 amide bonds. The first-order chi connectivity index (χ1) is 21.4. The van der Waals surface area contributed by atoms with Gasteiger partial charge in [-0.2, -0.15) is 0 Å². The summed E-state index contributed by atoms with van der Waals surface area (Å²) in [6, 6.07) is 19.3. The van der Waals surface area contributed by atoms with Gasteiger partial charge < -0.3 is 23.8 Å². The number of methoxy groups -OCH3 is 2. The van der Waals surface area contributed by atoms with E-state index in [2.05, 4.69) is 29.2 Å². The Labute approximate surface area is 263 Å². The minimum Gasteiger partial charge on any atom is -0.493 e. The highest BCUT2D eigenvalue weighted by Gasteiger charge is 2.20. The van der Waals surface area contributed by atoms with Crippen molar-refractivity contribution in [1.29, 1.82) is 0 Å². The van der Waals surface area contributed by atoms with Crippen molar-refractivity contribution in [2.45, 2.75) is 66.4 Å². The van der Waals surface area contributed by atoms with Gasteiger partial charge in [-0.1, -0.05) is 64.0 Å². The fourth-order valence-electron chi connectivity index (χ4n) is 4.94. The molecule has 1 aliphatic rings. The average molecular weight is 607 g/mol. The summed E-state index contributed by atoms with van der Waals surface area (Å²) in [6.07, 6.45) is 5.87. The molecule has 0 aromatic heterocycles. The van der Waals surface area contributed by atoms with E-state index < -0.39 is 4.92 Å². The number of nitrogens with zero attached hydrogens (tertiary/aromatic N) is 2. The standard InChI is InChI=1S/C32H38N2O6.2C2H6/c1-33(2)18-19-39-27-14-10-24(11-15-27)32(23-8-6-5-7-9-23)25-12-16-28(17-13-25)40-22-26-20-30(37-3)31(38-4)21-29(26)34(35)36;2*1-2/h10-17,20-21H,5-9,18-19,22H2,1-4H3;2*1-2H3. The summed E-state index contributed by atoms with van der Waals surface area (Å²) in [5, 5.41) is 11.6. The van der Waals surface area contributed by atoms with Gasteiger partial charge in [0.15, 0.2) is 11.5 Å². The summed E-state index contributed by atoms with van der Waals surface area (Å²) in [6.45, 7) is 9.54. The van der Waals surface area contributed by atoms with Gasteiger partial charge in [-0.25, -0.2) is 0 Å². The van der Waals surface area contributed by atoms with Gasteiger partial charge in [0.2, 0.25) is 0 Å². The van der Waals surface area contributed by atoms with Crippen molar-refractivity contribution in [1.82, 2.24) is 4.90 Å². The number of nitro groups is 1. The van der Waals surface area contributed by atoms with Gasteiger partial charge >= 0.3 is 0 Å². The molecule has 0 saturated heterocycles. The third kappa shape index (κ3) is 10.3. The smallest absolute Gasteiger partial charge is 0.280 e. The molecule has 44 heavy (non-hydrogen) atoms. The molecule has 0 spiro atoms. The van der Waals surface area contributed by atoms with Gasteiger partial charge in [0.05, 0.1) is 30.8 Å². The fraction of sp³-hybridized carbons (Fsp3) is 0.444. The molecule has 240 valence electrons. The Kier molecular flexibility index (Phi) is 15.8. The van der Waals surface area contributed by atoms with E-state index in [9.17, 15) is 10.1 Å². The number of likely N-dealkylation sites (N-methyl/N-ethyl adjacent to an activating group) is 1. The lowest BCUT2D eigenvalue weighted by molar-refractivity contribution is -0.385. The van der Waals surface area contributed by atoms with Crippen LogP contribution < -0.4 is 18.9 Å². The van der Waals surface area contributed by atoms with Crippen LogP contribution in [0.25, 0.3) is 5.57 Å². The van der Waals surface area contributed by atoms with Crippen molar-refractivity contribution in [3.8, 4) is 23.0 Å². The molecule has 0 bridgehead atoms. The summed E-state index contributed by atoms with van der Waals surface area (Å²) in [5.41, 5.74) is 5.37. The molecule has 8 heteroatoms. The van der Waals surface area contributed by atoms with Gasteiger partial charge in [0.1, 0.15) is 24.7 Å². The van der Waals surface area contributed by atoms with E-state index >= 15 is 0 Å². The Bertz CT molecular complexity index is 1310. The molecule has 0 N–H and O–H groups in total. The van der Waals surface area contributed by atoms with E-state index in [-0.39, 0.29) is 12.3 Å². The Morgan fingerprint density at radius 2 is 1.27 bits per heavy atom. The molecule has 3 aromatic carbocycles. The molecule has 0 atom stereocenters. The van der Waals surface area contributed by atoms with E-state index in [1.165, 1.54) is 56.3 Å². The van der Waals surface area contributed by atoms with Crippen LogP contribution in [0.1, 0.15) is 76.5 Å². The summed E-state index contributed by atoms with van der Waals surface area (Å²) in [5.74, 6) is 2.22. The maximum atomic E-state index is 11.6. The van der Waals surface area contributed by atoms with Crippen molar-refractivity contribution in [2.75, 3.05) is 41.5 Å². The van der Waals surface area contributed by atoms with Crippen LogP contribution >= 0.6 is 0 Å². The van der Waals surface area contributed by atoms with Crippen LogP contribution in [0.5, 0.6) is 23.0 Å². The zero-order valence-electron chi connectivity index (χ0n) is 27.8. The van der Waals surface area contributed by atoms with Crippen LogP contribution in [0.2, 0.25) is 0 Å². The van der Waals surface area contributed by atoms with E-state index in [0.29, 0.717) is 29.4 Å². The maximum absolute atomic E-state index is 11.6. The van der Waals surface area contributed by atoms with Crippen LogP contribution in [0, 0.1) is 10.1 Å². The maximum Gasteiger partial charge on any atom is 0.280 e. The Morgan fingerprint density at radius 3 is 1.75 bits per heavy atom. The number of allylic oxidation sites excluding steroid dienone is 1. The number of ether oxygens (including phenoxy) is 4. The predicted octanol–water partition coefficient (Wildman–Crippen LogP) is 8.95. The van der Waals surface area contributed by atoms with Crippen LogP contribution in [0.3, 0.4) is 0 Å².